The molecule has 0 heterocycles. The van der Waals surface area contributed by atoms with E-state index in [1.807, 2.05) is 13.8 Å². The first-order valence-corrected chi connectivity index (χ1v) is 6.44. The van der Waals surface area contributed by atoms with E-state index >= 15 is 0 Å². The van der Waals surface area contributed by atoms with Crippen LogP contribution in [0.3, 0.4) is 0 Å². The summed E-state index contributed by atoms with van der Waals surface area (Å²) in [6.07, 6.45) is -3.12. The molecule has 0 unspecified atom stereocenters. The third kappa shape index (κ3) is 5.33. The molecular formula is C15H19F4N. The average molecular weight is 289 g/mol. The molecule has 0 aliphatic carbocycles. The van der Waals surface area contributed by atoms with Crippen molar-refractivity contribution in [1.82, 2.24) is 5.32 Å². The lowest BCUT2D eigenvalue weighted by Gasteiger charge is -2.12. The molecule has 0 radical (unpaired) electrons. The predicted molar refractivity (Wildman–Crippen MR) is 72.8 cm³/mol. The Labute approximate surface area is 116 Å². The highest BCUT2D eigenvalue weighted by Gasteiger charge is 2.33. The molecule has 0 spiro atoms. The van der Waals surface area contributed by atoms with Gasteiger partial charge in [-0.2, -0.15) is 13.2 Å². The molecule has 0 fully saturated rings. The highest BCUT2D eigenvalue weighted by molar-refractivity contribution is 5.57. The van der Waals surface area contributed by atoms with E-state index in [1.165, 1.54) is 6.08 Å². The van der Waals surface area contributed by atoms with Gasteiger partial charge in [-0.3, -0.25) is 0 Å². The highest BCUT2D eigenvalue weighted by Crippen LogP contribution is 2.33. The summed E-state index contributed by atoms with van der Waals surface area (Å²) in [5, 5.41) is 3.15. The summed E-state index contributed by atoms with van der Waals surface area (Å²) >= 11 is 0. The molecule has 0 atom stereocenters. The minimum atomic E-state index is -4.56. The van der Waals surface area contributed by atoms with Crippen molar-refractivity contribution in [2.45, 2.75) is 26.9 Å². The second-order valence-electron chi connectivity index (χ2n) is 5.24. The van der Waals surface area contributed by atoms with Crippen molar-refractivity contribution in [3.63, 3.8) is 0 Å². The van der Waals surface area contributed by atoms with Crippen LogP contribution in [0.2, 0.25) is 0 Å². The predicted octanol–water partition coefficient (Wildman–Crippen LogP) is 4.49. The van der Waals surface area contributed by atoms with Crippen LogP contribution in [0.1, 0.15) is 31.9 Å². The monoisotopic (exact) mass is 289 g/mol. The standard InChI is InChI=1S/C15H19F4N/c1-10(2)8-20-9-11(3)6-12-4-5-13(16)7-14(12)15(17,18)19/h4-7,10,20H,8-9H2,1-3H3/b11-6+. The molecule has 0 amide bonds. The normalized spacial score (nSPS) is 13.1. The lowest BCUT2D eigenvalue weighted by Crippen LogP contribution is -2.21. The van der Waals surface area contributed by atoms with Crippen molar-refractivity contribution < 1.29 is 17.6 Å². The number of hydrogen-bond donors (Lipinski definition) is 1. The maximum Gasteiger partial charge on any atom is 0.417 e. The number of hydrogen-bond acceptors (Lipinski definition) is 1. The quantitative estimate of drug-likeness (QED) is 0.787. The second kappa shape index (κ2) is 6.88. The van der Waals surface area contributed by atoms with Gasteiger partial charge in [-0.25, -0.2) is 4.39 Å². The van der Waals surface area contributed by atoms with Crippen molar-refractivity contribution in [3.8, 4) is 0 Å². The summed E-state index contributed by atoms with van der Waals surface area (Å²) in [4.78, 5) is 0. The van der Waals surface area contributed by atoms with Gasteiger partial charge in [0.2, 0.25) is 0 Å². The molecule has 1 aromatic rings. The second-order valence-corrected chi connectivity index (χ2v) is 5.24. The Morgan fingerprint density at radius 3 is 2.50 bits per heavy atom. The molecular weight excluding hydrogens is 270 g/mol. The van der Waals surface area contributed by atoms with E-state index in [-0.39, 0.29) is 5.56 Å². The van der Waals surface area contributed by atoms with Gasteiger partial charge in [0.15, 0.2) is 0 Å². The summed E-state index contributed by atoms with van der Waals surface area (Å²) in [5.74, 6) is -0.413. The number of halogens is 4. The zero-order valence-corrected chi connectivity index (χ0v) is 11.8. The van der Waals surface area contributed by atoms with E-state index in [0.29, 0.717) is 18.5 Å². The fourth-order valence-electron chi connectivity index (χ4n) is 1.77. The minimum absolute atomic E-state index is 0.0113. The van der Waals surface area contributed by atoms with Gasteiger partial charge in [-0.15, -0.1) is 0 Å². The van der Waals surface area contributed by atoms with Gasteiger partial charge in [-0.1, -0.05) is 31.6 Å². The van der Waals surface area contributed by atoms with Gasteiger partial charge in [0, 0.05) is 6.54 Å². The Hall–Kier alpha value is -1.36. The topological polar surface area (TPSA) is 12.0 Å². The smallest absolute Gasteiger partial charge is 0.313 e. The molecule has 1 aromatic carbocycles. The summed E-state index contributed by atoms with van der Waals surface area (Å²) in [6.45, 7) is 7.14. The van der Waals surface area contributed by atoms with Gasteiger partial charge in [0.05, 0.1) is 5.56 Å². The Balaban J connectivity index is 2.91. The van der Waals surface area contributed by atoms with Crippen molar-refractivity contribution in [3.05, 3.63) is 40.7 Å². The maximum absolute atomic E-state index is 13.0. The summed E-state index contributed by atoms with van der Waals surface area (Å²) in [6, 6.07) is 2.72. The zero-order chi connectivity index (χ0) is 15.3. The lowest BCUT2D eigenvalue weighted by atomic mass is 10.0. The number of rotatable bonds is 5. The third-order valence-electron chi connectivity index (χ3n) is 2.68. The minimum Gasteiger partial charge on any atom is -0.313 e. The molecule has 0 aliphatic heterocycles. The first kappa shape index (κ1) is 16.7. The summed E-state index contributed by atoms with van der Waals surface area (Å²) in [5.41, 5.74) is -0.189. The first-order chi connectivity index (χ1) is 9.20. The van der Waals surface area contributed by atoms with Gasteiger partial charge in [-0.05, 0) is 37.1 Å². The van der Waals surface area contributed by atoms with E-state index in [0.717, 1.165) is 24.3 Å². The molecule has 1 N–H and O–H groups in total. The molecule has 5 heteroatoms. The maximum atomic E-state index is 13.0. The van der Waals surface area contributed by atoms with E-state index in [2.05, 4.69) is 5.32 Å². The molecule has 1 rings (SSSR count). The summed E-state index contributed by atoms with van der Waals surface area (Å²) in [7, 11) is 0. The van der Waals surface area contributed by atoms with Gasteiger partial charge in [0.25, 0.3) is 0 Å². The Kier molecular flexibility index (Phi) is 5.74. The molecule has 0 saturated heterocycles. The van der Waals surface area contributed by atoms with Crippen molar-refractivity contribution >= 4 is 6.08 Å². The van der Waals surface area contributed by atoms with Crippen LogP contribution >= 0.6 is 0 Å². The van der Waals surface area contributed by atoms with Gasteiger partial charge >= 0.3 is 6.18 Å². The van der Waals surface area contributed by atoms with Crippen molar-refractivity contribution in [1.29, 1.82) is 0 Å². The molecule has 0 bridgehead atoms. The van der Waals surface area contributed by atoms with E-state index < -0.39 is 17.6 Å². The summed E-state index contributed by atoms with van der Waals surface area (Å²) < 4.78 is 51.4. The number of benzene rings is 1. The largest absolute Gasteiger partial charge is 0.417 e. The molecule has 112 valence electrons. The molecule has 1 nitrogen and oxygen atoms in total. The van der Waals surface area contributed by atoms with Crippen molar-refractivity contribution in [2.75, 3.05) is 13.1 Å². The number of nitrogens with one attached hydrogen (secondary N) is 1. The van der Waals surface area contributed by atoms with Crippen LogP contribution in [0.5, 0.6) is 0 Å². The number of alkyl halides is 3. The Bertz CT molecular complexity index is 475. The van der Waals surface area contributed by atoms with Gasteiger partial charge < -0.3 is 5.32 Å². The zero-order valence-electron chi connectivity index (χ0n) is 11.8. The van der Waals surface area contributed by atoms with Crippen LogP contribution in [-0.4, -0.2) is 13.1 Å². The Morgan fingerprint density at radius 2 is 1.95 bits per heavy atom. The van der Waals surface area contributed by atoms with Crippen LogP contribution in [0, 0.1) is 11.7 Å². The molecule has 0 aromatic heterocycles. The van der Waals surface area contributed by atoms with Crippen molar-refractivity contribution in [2.24, 2.45) is 5.92 Å². The highest BCUT2D eigenvalue weighted by atomic mass is 19.4. The van der Waals surface area contributed by atoms with E-state index in [4.69, 9.17) is 0 Å². The molecule has 20 heavy (non-hydrogen) atoms. The van der Waals surface area contributed by atoms with Crippen LogP contribution in [0.15, 0.2) is 23.8 Å². The van der Waals surface area contributed by atoms with E-state index in [9.17, 15) is 17.6 Å². The lowest BCUT2D eigenvalue weighted by molar-refractivity contribution is -0.137. The Morgan fingerprint density at radius 1 is 1.30 bits per heavy atom. The van der Waals surface area contributed by atoms with Crippen LogP contribution in [-0.2, 0) is 6.18 Å². The average Bonchev–Trinajstić information content (AvgIpc) is 2.29. The fraction of sp³-hybridized carbons (Fsp3) is 0.467. The molecule has 0 aliphatic rings. The SMILES string of the molecule is C/C(=C\c1ccc(F)cc1C(F)(F)F)CNCC(C)C. The molecule has 0 saturated carbocycles. The first-order valence-electron chi connectivity index (χ1n) is 6.44. The fourth-order valence-corrected chi connectivity index (χ4v) is 1.77. The van der Waals surface area contributed by atoms with Crippen LogP contribution in [0.25, 0.3) is 6.08 Å². The van der Waals surface area contributed by atoms with Crippen LogP contribution in [0.4, 0.5) is 17.6 Å². The van der Waals surface area contributed by atoms with Crippen LogP contribution < -0.4 is 5.32 Å². The third-order valence-corrected chi connectivity index (χ3v) is 2.68. The van der Waals surface area contributed by atoms with E-state index in [1.54, 1.807) is 6.92 Å². The van der Waals surface area contributed by atoms with Gasteiger partial charge in [0.1, 0.15) is 5.82 Å².